The third-order valence-corrected chi connectivity index (χ3v) is 2.28. The Balaban J connectivity index is 0.00000162. The van der Waals surface area contributed by atoms with Gasteiger partial charge in [-0.15, -0.1) is 12.1 Å². The molecule has 86 valence electrons. The summed E-state index contributed by atoms with van der Waals surface area (Å²) < 4.78 is 5.60. The number of carbonyl (C=O) groups excluding carboxylic acids is 1. The van der Waals surface area contributed by atoms with Gasteiger partial charge >= 0.3 is 32.7 Å². The fourth-order valence-electron chi connectivity index (χ4n) is 1.47. The van der Waals surface area contributed by atoms with E-state index >= 15 is 0 Å². The van der Waals surface area contributed by atoms with Crippen molar-refractivity contribution in [3.8, 4) is 11.6 Å². The summed E-state index contributed by atoms with van der Waals surface area (Å²) in [6, 6.07) is 11.9. The second kappa shape index (κ2) is 6.76. The van der Waals surface area contributed by atoms with Crippen LogP contribution in [-0.4, -0.2) is 10.8 Å². The van der Waals surface area contributed by atoms with Crippen LogP contribution in [0.4, 0.5) is 0 Å². The molecule has 2 aromatic rings. The third kappa shape index (κ3) is 3.72. The predicted molar refractivity (Wildman–Crippen MR) is 64.3 cm³/mol. The van der Waals surface area contributed by atoms with E-state index in [9.17, 15) is 4.79 Å². The van der Waals surface area contributed by atoms with E-state index in [0.717, 1.165) is 5.56 Å². The predicted octanol–water partition coefficient (Wildman–Crippen LogP) is 3.18. The van der Waals surface area contributed by atoms with Gasteiger partial charge in [0, 0.05) is 11.9 Å². The Morgan fingerprint density at radius 2 is 2.17 bits per heavy atom. The first-order chi connectivity index (χ1) is 8.16. The summed E-state index contributed by atoms with van der Waals surface area (Å²) >= 11 is 0. The van der Waals surface area contributed by atoms with E-state index < -0.39 is 0 Å². The summed E-state index contributed by atoms with van der Waals surface area (Å²) in [6.07, 6.45) is 1.60. The number of carbonyl (C=O) groups is 1. The average molecular weight is 315 g/mol. The zero-order valence-electron chi connectivity index (χ0n) is 10.3. The monoisotopic (exact) mass is 315 g/mol. The molecular formula is C14H12NO2Y+2. The number of nitrogens with zero attached hydrogens (tertiary/aromatic N) is 1. The van der Waals surface area contributed by atoms with Gasteiger partial charge in [-0.25, -0.2) is 4.98 Å². The van der Waals surface area contributed by atoms with Crippen LogP contribution in [0.25, 0.3) is 0 Å². The molecule has 0 N–H and O–H groups in total. The van der Waals surface area contributed by atoms with Crippen molar-refractivity contribution in [3.63, 3.8) is 0 Å². The molecule has 0 aliphatic carbocycles. The second-order valence-electron chi connectivity index (χ2n) is 3.72. The van der Waals surface area contributed by atoms with Gasteiger partial charge in [0.15, 0.2) is 5.78 Å². The molecule has 0 aliphatic heterocycles. The number of rotatable bonds is 3. The van der Waals surface area contributed by atoms with Crippen LogP contribution in [0, 0.1) is 13.0 Å². The second-order valence-corrected chi connectivity index (χ2v) is 3.72. The van der Waals surface area contributed by atoms with Crippen LogP contribution < -0.4 is 4.74 Å². The molecule has 0 unspecified atom stereocenters. The maximum Gasteiger partial charge on any atom is 3.00 e. The van der Waals surface area contributed by atoms with Crippen molar-refractivity contribution in [2.24, 2.45) is 0 Å². The number of pyridine rings is 1. The molecule has 18 heavy (non-hydrogen) atoms. The van der Waals surface area contributed by atoms with Gasteiger partial charge in [0.25, 0.3) is 0 Å². The van der Waals surface area contributed by atoms with Crippen molar-refractivity contribution < 1.29 is 42.2 Å². The van der Waals surface area contributed by atoms with E-state index in [4.69, 9.17) is 4.74 Å². The third-order valence-electron chi connectivity index (χ3n) is 2.28. The molecule has 0 amide bonds. The summed E-state index contributed by atoms with van der Waals surface area (Å²) in [6.45, 7) is 3.42. The number of ether oxygens (including phenoxy) is 1. The molecule has 0 saturated heterocycles. The van der Waals surface area contributed by atoms with E-state index in [1.165, 1.54) is 6.92 Å². The maximum atomic E-state index is 11.4. The number of hydrogen-bond donors (Lipinski definition) is 0. The quantitative estimate of drug-likeness (QED) is 0.645. The van der Waals surface area contributed by atoms with Crippen LogP contribution in [0.5, 0.6) is 11.6 Å². The Hall–Kier alpha value is -1.06. The smallest absolute Gasteiger partial charge is 0.465 e. The molecule has 0 saturated carbocycles. The zero-order valence-corrected chi connectivity index (χ0v) is 13.1. The van der Waals surface area contributed by atoms with E-state index in [0.29, 0.717) is 17.2 Å². The van der Waals surface area contributed by atoms with Crippen molar-refractivity contribution in [2.45, 2.75) is 13.8 Å². The number of benzene rings is 1. The van der Waals surface area contributed by atoms with Crippen molar-refractivity contribution in [2.75, 3.05) is 0 Å². The minimum Gasteiger partial charge on any atom is -0.465 e. The SMILES string of the molecule is CC(=O)c1cccnc1Oc1cc[c-]c(C)c1.[Y+3]. The van der Waals surface area contributed by atoms with Crippen molar-refractivity contribution >= 4 is 5.78 Å². The fraction of sp³-hybridized carbons (Fsp3) is 0.143. The first-order valence-electron chi connectivity index (χ1n) is 5.29. The molecule has 0 fully saturated rings. The number of aryl methyl sites for hydroxylation is 1. The fourth-order valence-corrected chi connectivity index (χ4v) is 1.47. The number of Topliss-reactive ketones (excluding diaryl/α,β-unsaturated/α-hetero) is 1. The Bertz CT molecular complexity index is 555. The molecule has 0 bridgehead atoms. The van der Waals surface area contributed by atoms with E-state index in [-0.39, 0.29) is 38.5 Å². The summed E-state index contributed by atoms with van der Waals surface area (Å²) in [5, 5.41) is 0. The maximum absolute atomic E-state index is 11.4. The van der Waals surface area contributed by atoms with Gasteiger partial charge in [-0.3, -0.25) is 4.79 Å². The number of hydrogen-bond acceptors (Lipinski definition) is 3. The van der Waals surface area contributed by atoms with Crippen LogP contribution in [-0.2, 0) is 32.7 Å². The minimum absolute atomic E-state index is 0. The van der Waals surface area contributed by atoms with Crippen LogP contribution in [0.2, 0.25) is 0 Å². The summed E-state index contributed by atoms with van der Waals surface area (Å²) in [5.41, 5.74) is 1.46. The number of aromatic nitrogens is 1. The van der Waals surface area contributed by atoms with Gasteiger partial charge in [0.05, 0.1) is 5.56 Å². The largest absolute Gasteiger partial charge is 3.00 e. The van der Waals surface area contributed by atoms with Crippen molar-refractivity contribution in [3.05, 3.63) is 53.7 Å². The van der Waals surface area contributed by atoms with Crippen molar-refractivity contribution in [1.82, 2.24) is 4.98 Å². The molecule has 2 rings (SSSR count). The minimum atomic E-state index is -0.0627. The molecular weight excluding hydrogens is 303 g/mol. The molecule has 0 atom stereocenters. The summed E-state index contributed by atoms with van der Waals surface area (Å²) in [7, 11) is 0. The molecule has 1 aromatic carbocycles. The average Bonchev–Trinajstić information content (AvgIpc) is 2.29. The number of ketones is 1. The van der Waals surface area contributed by atoms with Gasteiger partial charge < -0.3 is 4.74 Å². The Morgan fingerprint density at radius 3 is 2.83 bits per heavy atom. The van der Waals surface area contributed by atoms with E-state index in [1.807, 2.05) is 13.0 Å². The van der Waals surface area contributed by atoms with Gasteiger partial charge in [0.1, 0.15) is 0 Å². The topological polar surface area (TPSA) is 39.2 Å². The van der Waals surface area contributed by atoms with Crippen LogP contribution >= 0.6 is 0 Å². The van der Waals surface area contributed by atoms with E-state index in [1.54, 1.807) is 30.5 Å². The molecule has 3 nitrogen and oxygen atoms in total. The normalized spacial score (nSPS) is 9.44. The molecule has 0 aliphatic rings. The van der Waals surface area contributed by atoms with E-state index in [2.05, 4.69) is 11.1 Å². The summed E-state index contributed by atoms with van der Waals surface area (Å²) in [4.78, 5) is 15.5. The molecule has 1 aromatic heterocycles. The first-order valence-corrected chi connectivity index (χ1v) is 5.29. The Labute approximate surface area is 131 Å². The Morgan fingerprint density at radius 1 is 1.39 bits per heavy atom. The van der Waals surface area contributed by atoms with Crippen LogP contribution in [0.15, 0.2) is 36.5 Å². The molecule has 0 radical (unpaired) electrons. The van der Waals surface area contributed by atoms with Crippen LogP contribution in [0.1, 0.15) is 22.8 Å². The Kier molecular flexibility index (Phi) is 5.64. The molecule has 0 spiro atoms. The standard InChI is InChI=1S/C14H12NO2.Y/c1-10-5-3-6-12(9-10)17-14-13(11(2)16)7-4-8-15-14;/h3-4,6-9H,1-2H3;/q-1;+3. The first kappa shape index (κ1) is 15.0. The van der Waals surface area contributed by atoms with Gasteiger partial charge in [-0.1, -0.05) is 6.92 Å². The van der Waals surface area contributed by atoms with Crippen molar-refractivity contribution in [1.29, 1.82) is 0 Å². The van der Waals surface area contributed by atoms with Gasteiger partial charge in [-0.2, -0.15) is 17.7 Å². The van der Waals surface area contributed by atoms with Gasteiger partial charge in [0.2, 0.25) is 5.88 Å². The summed E-state index contributed by atoms with van der Waals surface area (Å²) in [5.74, 6) is 0.931. The van der Waals surface area contributed by atoms with Gasteiger partial charge in [-0.05, 0) is 19.1 Å². The molecule has 1 heterocycles. The van der Waals surface area contributed by atoms with Crippen LogP contribution in [0.3, 0.4) is 0 Å². The molecule has 4 heteroatoms. The zero-order chi connectivity index (χ0) is 12.3.